The van der Waals surface area contributed by atoms with Gasteiger partial charge in [0.05, 0.1) is 11.3 Å². The second-order valence-corrected chi connectivity index (χ2v) is 5.71. The maximum absolute atomic E-state index is 10.6. The molecular formula is C16H20N4O3. The molecule has 0 spiro atoms. The van der Waals surface area contributed by atoms with Gasteiger partial charge in [0.25, 0.3) is 5.69 Å². The predicted molar refractivity (Wildman–Crippen MR) is 85.4 cm³/mol. The molecule has 23 heavy (non-hydrogen) atoms. The summed E-state index contributed by atoms with van der Waals surface area (Å²) in [5.74, 6) is 0.701. The largest absolute Gasteiger partial charge is 0.490 e. The molecule has 7 heteroatoms. The molecule has 122 valence electrons. The van der Waals surface area contributed by atoms with Gasteiger partial charge in [-0.25, -0.2) is 4.98 Å². The third-order valence-electron chi connectivity index (χ3n) is 4.12. The lowest BCUT2D eigenvalue weighted by molar-refractivity contribution is -0.384. The molecule has 0 N–H and O–H groups in total. The summed E-state index contributed by atoms with van der Waals surface area (Å²) < 4.78 is 8.01. The van der Waals surface area contributed by atoms with Crippen LogP contribution in [0.15, 0.2) is 43.0 Å². The third kappa shape index (κ3) is 4.29. The zero-order valence-corrected chi connectivity index (χ0v) is 12.9. The molecule has 0 aliphatic carbocycles. The average molecular weight is 316 g/mol. The van der Waals surface area contributed by atoms with E-state index in [4.69, 9.17) is 4.74 Å². The fourth-order valence-electron chi connectivity index (χ4n) is 2.77. The van der Waals surface area contributed by atoms with Crippen molar-refractivity contribution in [2.24, 2.45) is 0 Å². The smallest absolute Gasteiger partial charge is 0.269 e. The van der Waals surface area contributed by atoms with E-state index >= 15 is 0 Å². The highest BCUT2D eigenvalue weighted by Crippen LogP contribution is 2.21. The standard InChI is InChI=1S/C16H20N4O3/c21-20(22)14-1-3-15(4-2-14)23-16-5-8-18(9-6-16)11-12-19-10-7-17-13-19/h1-4,7,10,13,16H,5-6,8-9,11-12H2. The Morgan fingerprint density at radius 3 is 2.57 bits per heavy atom. The summed E-state index contributed by atoms with van der Waals surface area (Å²) in [6, 6.07) is 6.30. The molecule has 0 amide bonds. The minimum absolute atomic E-state index is 0.0895. The van der Waals surface area contributed by atoms with Gasteiger partial charge in [0, 0.05) is 50.7 Å². The van der Waals surface area contributed by atoms with Crippen LogP contribution in [-0.2, 0) is 6.54 Å². The van der Waals surface area contributed by atoms with E-state index in [-0.39, 0.29) is 11.8 Å². The molecule has 1 fully saturated rings. The second-order valence-electron chi connectivity index (χ2n) is 5.71. The molecule has 0 atom stereocenters. The van der Waals surface area contributed by atoms with Gasteiger partial charge >= 0.3 is 0 Å². The number of ether oxygens (including phenoxy) is 1. The lowest BCUT2D eigenvalue weighted by atomic mass is 10.1. The monoisotopic (exact) mass is 316 g/mol. The summed E-state index contributed by atoms with van der Waals surface area (Å²) >= 11 is 0. The highest BCUT2D eigenvalue weighted by Gasteiger charge is 2.20. The lowest BCUT2D eigenvalue weighted by Crippen LogP contribution is -2.39. The molecular weight excluding hydrogens is 296 g/mol. The van der Waals surface area contributed by atoms with Crippen molar-refractivity contribution in [2.75, 3.05) is 19.6 Å². The number of imidazole rings is 1. The molecule has 1 aromatic heterocycles. The molecule has 0 saturated carbocycles. The zero-order chi connectivity index (χ0) is 16.1. The van der Waals surface area contributed by atoms with Crippen LogP contribution >= 0.6 is 0 Å². The molecule has 2 heterocycles. The third-order valence-corrected chi connectivity index (χ3v) is 4.12. The number of non-ortho nitro benzene ring substituents is 1. The summed E-state index contributed by atoms with van der Waals surface area (Å²) in [5, 5.41) is 10.6. The van der Waals surface area contributed by atoms with Crippen LogP contribution in [0.3, 0.4) is 0 Å². The molecule has 1 saturated heterocycles. The molecule has 7 nitrogen and oxygen atoms in total. The van der Waals surface area contributed by atoms with Crippen molar-refractivity contribution in [3.8, 4) is 5.75 Å². The number of nitrogens with zero attached hydrogens (tertiary/aromatic N) is 4. The minimum atomic E-state index is -0.400. The fourth-order valence-corrected chi connectivity index (χ4v) is 2.77. The van der Waals surface area contributed by atoms with E-state index in [9.17, 15) is 10.1 Å². The fraction of sp³-hybridized carbons (Fsp3) is 0.438. The van der Waals surface area contributed by atoms with Gasteiger partial charge in [0.1, 0.15) is 11.9 Å². The van der Waals surface area contributed by atoms with Gasteiger partial charge in [0.2, 0.25) is 0 Å². The summed E-state index contributed by atoms with van der Waals surface area (Å²) in [5.41, 5.74) is 0.0895. The molecule has 2 aromatic rings. The van der Waals surface area contributed by atoms with E-state index < -0.39 is 4.92 Å². The topological polar surface area (TPSA) is 73.4 Å². The second kappa shape index (κ2) is 7.23. The number of piperidine rings is 1. The van der Waals surface area contributed by atoms with E-state index in [0.29, 0.717) is 5.75 Å². The number of hydrogen-bond donors (Lipinski definition) is 0. The lowest BCUT2D eigenvalue weighted by Gasteiger charge is -2.32. The van der Waals surface area contributed by atoms with Gasteiger partial charge in [-0.1, -0.05) is 0 Å². The number of benzene rings is 1. The highest BCUT2D eigenvalue weighted by atomic mass is 16.6. The average Bonchev–Trinajstić information content (AvgIpc) is 3.08. The van der Waals surface area contributed by atoms with Crippen molar-refractivity contribution < 1.29 is 9.66 Å². The van der Waals surface area contributed by atoms with E-state index in [1.165, 1.54) is 12.1 Å². The van der Waals surface area contributed by atoms with Gasteiger partial charge in [-0.2, -0.15) is 0 Å². The highest BCUT2D eigenvalue weighted by molar-refractivity contribution is 5.36. The SMILES string of the molecule is O=[N+]([O-])c1ccc(OC2CCN(CCn3ccnc3)CC2)cc1. The Kier molecular flexibility index (Phi) is 4.87. The summed E-state index contributed by atoms with van der Waals surface area (Å²) in [4.78, 5) is 16.7. The maximum Gasteiger partial charge on any atom is 0.269 e. The van der Waals surface area contributed by atoms with Crippen LogP contribution in [0.4, 0.5) is 5.69 Å². The Labute approximate surface area is 134 Å². The predicted octanol–water partition coefficient (Wildman–Crippen LogP) is 2.33. The van der Waals surface area contributed by atoms with Crippen molar-refractivity contribution in [1.29, 1.82) is 0 Å². The van der Waals surface area contributed by atoms with Crippen LogP contribution in [0.5, 0.6) is 5.75 Å². The van der Waals surface area contributed by atoms with Crippen molar-refractivity contribution in [3.05, 3.63) is 53.1 Å². The quantitative estimate of drug-likeness (QED) is 0.604. The summed E-state index contributed by atoms with van der Waals surface area (Å²) in [7, 11) is 0. The van der Waals surface area contributed by atoms with Crippen molar-refractivity contribution in [2.45, 2.75) is 25.5 Å². The van der Waals surface area contributed by atoms with Crippen molar-refractivity contribution in [3.63, 3.8) is 0 Å². The van der Waals surface area contributed by atoms with Crippen LogP contribution in [-0.4, -0.2) is 45.1 Å². The molecule has 3 rings (SSSR count). The molecule has 0 radical (unpaired) electrons. The number of hydrogen-bond acceptors (Lipinski definition) is 5. The van der Waals surface area contributed by atoms with Crippen molar-refractivity contribution >= 4 is 5.69 Å². The first-order chi connectivity index (χ1) is 11.2. The van der Waals surface area contributed by atoms with Crippen LogP contribution in [0, 0.1) is 10.1 Å². The van der Waals surface area contributed by atoms with Crippen LogP contribution in [0.2, 0.25) is 0 Å². The molecule has 1 aromatic carbocycles. The Morgan fingerprint density at radius 2 is 1.96 bits per heavy atom. The number of rotatable bonds is 6. The van der Waals surface area contributed by atoms with E-state index in [2.05, 4.69) is 14.5 Å². The summed E-state index contributed by atoms with van der Waals surface area (Å²) in [6.07, 6.45) is 7.74. The first kappa shape index (κ1) is 15.5. The molecule has 0 unspecified atom stereocenters. The van der Waals surface area contributed by atoms with E-state index in [0.717, 1.165) is 39.0 Å². The minimum Gasteiger partial charge on any atom is -0.490 e. The first-order valence-electron chi connectivity index (χ1n) is 7.80. The number of aromatic nitrogens is 2. The van der Waals surface area contributed by atoms with E-state index in [1.54, 1.807) is 18.3 Å². The van der Waals surface area contributed by atoms with Crippen molar-refractivity contribution in [1.82, 2.24) is 14.5 Å². The first-order valence-corrected chi connectivity index (χ1v) is 7.80. The van der Waals surface area contributed by atoms with Gasteiger partial charge in [0.15, 0.2) is 0 Å². The van der Waals surface area contributed by atoms with Gasteiger partial charge in [-0.3, -0.25) is 10.1 Å². The van der Waals surface area contributed by atoms with Crippen LogP contribution in [0.25, 0.3) is 0 Å². The number of likely N-dealkylation sites (tertiary alicyclic amines) is 1. The number of nitro benzene ring substituents is 1. The molecule has 1 aliphatic heterocycles. The molecule has 1 aliphatic rings. The van der Waals surface area contributed by atoms with Gasteiger partial charge < -0.3 is 14.2 Å². The maximum atomic E-state index is 10.6. The van der Waals surface area contributed by atoms with Gasteiger partial charge in [-0.15, -0.1) is 0 Å². The van der Waals surface area contributed by atoms with Gasteiger partial charge in [-0.05, 0) is 25.0 Å². The van der Waals surface area contributed by atoms with E-state index in [1.807, 2.05) is 12.5 Å². The Morgan fingerprint density at radius 1 is 1.22 bits per heavy atom. The van der Waals surface area contributed by atoms with Crippen LogP contribution in [0.1, 0.15) is 12.8 Å². The number of nitro groups is 1. The Bertz CT molecular complexity index is 619. The molecule has 0 bridgehead atoms. The Balaban J connectivity index is 1.42. The summed E-state index contributed by atoms with van der Waals surface area (Å²) in [6.45, 7) is 3.98. The normalized spacial score (nSPS) is 16.3. The van der Waals surface area contributed by atoms with Crippen LogP contribution < -0.4 is 4.74 Å². The zero-order valence-electron chi connectivity index (χ0n) is 12.9. The Hall–Kier alpha value is -2.41.